The molecule has 0 aromatic carbocycles. The van der Waals surface area contributed by atoms with Crippen molar-refractivity contribution in [1.29, 1.82) is 0 Å². The van der Waals surface area contributed by atoms with Crippen molar-refractivity contribution >= 4 is 0 Å². The van der Waals surface area contributed by atoms with Gasteiger partial charge in [0.15, 0.2) is 0 Å². The molecule has 0 aliphatic carbocycles. The van der Waals surface area contributed by atoms with Crippen molar-refractivity contribution in [3.05, 3.63) is 87.3 Å². The summed E-state index contributed by atoms with van der Waals surface area (Å²) in [7, 11) is 0. The Morgan fingerprint density at radius 2 is 2.00 bits per heavy atom. The van der Waals surface area contributed by atoms with E-state index in [-0.39, 0.29) is 5.56 Å². The van der Waals surface area contributed by atoms with Gasteiger partial charge in [-0.25, -0.2) is 4.79 Å². The van der Waals surface area contributed by atoms with Crippen LogP contribution in [0, 0.1) is 6.92 Å². The van der Waals surface area contributed by atoms with Gasteiger partial charge in [0.25, 0.3) is 5.56 Å². The molecule has 4 heterocycles. The molecule has 134 valence electrons. The summed E-state index contributed by atoms with van der Waals surface area (Å²) in [6.45, 7) is 2.52. The minimum Gasteiger partial charge on any atom is -0.348 e. The van der Waals surface area contributed by atoms with Gasteiger partial charge in [-0.1, -0.05) is 6.07 Å². The molecule has 0 bridgehead atoms. The van der Waals surface area contributed by atoms with E-state index in [4.69, 9.17) is 0 Å². The highest BCUT2D eigenvalue weighted by molar-refractivity contribution is 5.70. The topological polar surface area (TPSA) is 109 Å². The first-order valence-electron chi connectivity index (χ1n) is 8.33. The quantitative estimate of drug-likeness (QED) is 0.576. The third-order valence-electron chi connectivity index (χ3n) is 4.21. The summed E-state index contributed by atoms with van der Waals surface area (Å²) < 4.78 is 2.03. The van der Waals surface area contributed by atoms with Gasteiger partial charge in [-0.2, -0.15) is 5.10 Å². The molecule has 8 nitrogen and oxygen atoms in total. The van der Waals surface area contributed by atoms with Crippen molar-refractivity contribution in [3.63, 3.8) is 0 Å². The van der Waals surface area contributed by atoms with Crippen molar-refractivity contribution in [1.82, 2.24) is 29.7 Å². The molecule has 4 rings (SSSR count). The summed E-state index contributed by atoms with van der Waals surface area (Å²) in [5, 5.41) is 8.26. The van der Waals surface area contributed by atoms with Gasteiger partial charge in [-0.05, 0) is 31.2 Å². The minimum absolute atomic E-state index is 0.260. The molecule has 0 atom stereocenters. The molecule has 27 heavy (non-hydrogen) atoms. The lowest BCUT2D eigenvalue weighted by atomic mass is 10.1. The lowest BCUT2D eigenvalue weighted by molar-refractivity contribution is 0.781. The summed E-state index contributed by atoms with van der Waals surface area (Å²) in [6, 6.07) is 9.59. The molecule has 0 aliphatic rings. The van der Waals surface area contributed by atoms with Crippen LogP contribution in [0.1, 0.15) is 11.4 Å². The average Bonchev–Trinajstić information content (AvgIpc) is 3.11. The third-order valence-corrected chi connectivity index (χ3v) is 4.21. The maximum atomic E-state index is 12.0. The Labute approximate surface area is 153 Å². The zero-order valence-electron chi connectivity index (χ0n) is 14.5. The highest BCUT2D eigenvalue weighted by Gasteiger charge is 2.12. The van der Waals surface area contributed by atoms with Crippen LogP contribution >= 0.6 is 0 Å². The minimum atomic E-state index is -0.560. The standard InChI is InChI=1S/C19H16N6O2/c1-12-15(8-17(24-23-12)16-9-21-19(27)22-18(16)26)13-5-7-25(10-13)11-14-4-2-3-6-20-14/h2-10H,11H2,1H3,(H2,21,22,26,27). The van der Waals surface area contributed by atoms with Crippen LogP contribution < -0.4 is 11.2 Å². The fourth-order valence-corrected chi connectivity index (χ4v) is 2.85. The molecule has 0 saturated carbocycles. The van der Waals surface area contributed by atoms with E-state index in [0.29, 0.717) is 12.2 Å². The van der Waals surface area contributed by atoms with E-state index in [0.717, 1.165) is 22.5 Å². The second-order valence-electron chi connectivity index (χ2n) is 6.11. The third kappa shape index (κ3) is 3.45. The highest BCUT2D eigenvalue weighted by atomic mass is 16.2. The first-order chi connectivity index (χ1) is 13.1. The van der Waals surface area contributed by atoms with Gasteiger partial charge >= 0.3 is 5.69 Å². The lowest BCUT2D eigenvalue weighted by Gasteiger charge is -2.06. The van der Waals surface area contributed by atoms with Crippen molar-refractivity contribution in [2.45, 2.75) is 13.5 Å². The molecule has 4 aromatic rings. The van der Waals surface area contributed by atoms with E-state index in [1.165, 1.54) is 6.20 Å². The second kappa shape index (κ2) is 6.83. The van der Waals surface area contributed by atoms with Crippen molar-refractivity contribution in [2.24, 2.45) is 0 Å². The Bertz CT molecular complexity index is 1210. The highest BCUT2D eigenvalue weighted by Crippen LogP contribution is 2.25. The normalized spacial score (nSPS) is 10.9. The predicted molar refractivity (Wildman–Crippen MR) is 100 cm³/mol. The fraction of sp³-hybridized carbons (Fsp3) is 0.105. The number of rotatable bonds is 4. The van der Waals surface area contributed by atoms with Gasteiger partial charge in [0.05, 0.1) is 23.5 Å². The zero-order valence-corrected chi connectivity index (χ0v) is 14.5. The summed E-state index contributed by atoms with van der Waals surface area (Å²) in [5.74, 6) is 0. The van der Waals surface area contributed by atoms with Crippen LogP contribution in [-0.4, -0.2) is 29.7 Å². The molecule has 0 radical (unpaired) electrons. The van der Waals surface area contributed by atoms with E-state index >= 15 is 0 Å². The predicted octanol–water partition coefficient (Wildman–Crippen LogP) is 1.74. The van der Waals surface area contributed by atoms with Gasteiger partial charge in [0.1, 0.15) is 5.69 Å². The van der Waals surface area contributed by atoms with Crippen LogP contribution in [0.3, 0.4) is 0 Å². The summed E-state index contributed by atoms with van der Waals surface area (Å²) in [4.78, 5) is 32.2. The average molecular weight is 360 g/mol. The number of aromatic nitrogens is 6. The molecule has 0 saturated heterocycles. The molecule has 8 heteroatoms. The smallest absolute Gasteiger partial charge is 0.325 e. The maximum absolute atomic E-state index is 12.0. The largest absolute Gasteiger partial charge is 0.348 e. The first kappa shape index (κ1) is 16.6. The summed E-state index contributed by atoms with van der Waals surface area (Å²) in [6.07, 6.45) is 7.08. The monoisotopic (exact) mass is 360 g/mol. The first-order valence-corrected chi connectivity index (χ1v) is 8.33. The van der Waals surface area contributed by atoms with Crippen LogP contribution in [0.4, 0.5) is 0 Å². The Morgan fingerprint density at radius 3 is 2.78 bits per heavy atom. The van der Waals surface area contributed by atoms with Gasteiger partial charge in [0, 0.05) is 35.9 Å². The van der Waals surface area contributed by atoms with E-state index in [9.17, 15) is 9.59 Å². The fourth-order valence-electron chi connectivity index (χ4n) is 2.85. The zero-order chi connectivity index (χ0) is 18.8. The van der Waals surface area contributed by atoms with Gasteiger partial charge in [0.2, 0.25) is 0 Å². The summed E-state index contributed by atoms with van der Waals surface area (Å²) >= 11 is 0. The van der Waals surface area contributed by atoms with Crippen molar-refractivity contribution in [2.75, 3.05) is 0 Å². The van der Waals surface area contributed by atoms with Crippen molar-refractivity contribution in [3.8, 4) is 22.4 Å². The molecule has 0 amide bonds. The Hall–Kier alpha value is -3.81. The number of pyridine rings is 1. The Morgan fingerprint density at radius 1 is 1.11 bits per heavy atom. The molecule has 0 unspecified atom stereocenters. The molecule has 0 fully saturated rings. The number of nitrogens with zero attached hydrogens (tertiary/aromatic N) is 4. The van der Waals surface area contributed by atoms with E-state index in [2.05, 4.69) is 25.1 Å². The molecular formula is C19H16N6O2. The van der Waals surface area contributed by atoms with Crippen LogP contribution in [0.15, 0.2) is 64.7 Å². The van der Waals surface area contributed by atoms with Crippen LogP contribution in [-0.2, 0) is 6.54 Å². The van der Waals surface area contributed by atoms with Gasteiger partial charge in [-0.3, -0.25) is 14.8 Å². The van der Waals surface area contributed by atoms with Crippen LogP contribution in [0.5, 0.6) is 0 Å². The molecule has 0 aliphatic heterocycles. The van der Waals surface area contributed by atoms with Crippen LogP contribution in [0.2, 0.25) is 0 Å². The number of hydrogen-bond donors (Lipinski definition) is 2. The Balaban J connectivity index is 1.70. The Kier molecular flexibility index (Phi) is 4.21. The number of hydrogen-bond acceptors (Lipinski definition) is 5. The summed E-state index contributed by atoms with van der Waals surface area (Å²) in [5.41, 5.74) is 3.12. The molecule has 4 aromatic heterocycles. The maximum Gasteiger partial charge on any atom is 0.325 e. The van der Waals surface area contributed by atoms with E-state index in [1.54, 1.807) is 12.3 Å². The molecular weight excluding hydrogens is 344 g/mol. The SMILES string of the molecule is Cc1nnc(-c2c[nH]c(=O)[nH]c2=O)cc1-c1ccn(Cc2ccccn2)c1. The number of aryl methyl sites for hydroxylation is 1. The number of aromatic amines is 2. The lowest BCUT2D eigenvalue weighted by Crippen LogP contribution is -2.22. The van der Waals surface area contributed by atoms with Crippen LogP contribution in [0.25, 0.3) is 22.4 Å². The molecule has 0 spiro atoms. The second-order valence-corrected chi connectivity index (χ2v) is 6.11. The number of H-pyrrole nitrogens is 2. The van der Waals surface area contributed by atoms with Gasteiger partial charge < -0.3 is 9.55 Å². The van der Waals surface area contributed by atoms with E-state index in [1.807, 2.05) is 48.1 Å². The molecule has 2 N–H and O–H groups in total. The van der Waals surface area contributed by atoms with Gasteiger partial charge in [-0.15, -0.1) is 5.10 Å². The number of nitrogens with one attached hydrogen (secondary N) is 2. The van der Waals surface area contributed by atoms with Crippen molar-refractivity contribution < 1.29 is 0 Å². The van der Waals surface area contributed by atoms with E-state index < -0.39 is 11.2 Å².